The van der Waals surface area contributed by atoms with Crippen LogP contribution in [-0.2, 0) is 4.79 Å². The Labute approximate surface area is 139 Å². The minimum atomic E-state index is -0.710. The average Bonchev–Trinajstić information content (AvgIpc) is 3.40. The number of rotatable bonds is 5. The quantitative estimate of drug-likeness (QED) is 0.762. The highest BCUT2D eigenvalue weighted by atomic mass is 16.3. The van der Waals surface area contributed by atoms with Crippen LogP contribution < -0.4 is 11.1 Å². The van der Waals surface area contributed by atoms with Gasteiger partial charge in [-0.1, -0.05) is 0 Å². The number of nitrogens with two attached hydrogens (primary N) is 1. The molecule has 1 aliphatic rings. The van der Waals surface area contributed by atoms with Crippen LogP contribution in [0.25, 0.3) is 11.3 Å². The molecule has 4 N–H and O–H groups in total. The highest BCUT2D eigenvalue weighted by Gasteiger charge is 2.30. The maximum atomic E-state index is 11.5. The molecule has 1 aromatic heterocycles. The molecule has 1 amide bonds. The number of nitrogens with zero attached hydrogens (tertiary/aromatic N) is 3. The van der Waals surface area contributed by atoms with Gasteiger partial charge in [0.05, 0.1) is 17.3 Å². The van der Waals surface area contributed by atoms with Crippen LogP contribution in [0.15, 0.2) is 24.3 Å². The second-order valence-corrected chi connectivity index (χ2v) is 5.82. The molecule has 1 fully saturated rings. The van der Waals surface area contributed by atoms with Gasteiger partial charge >= 0.3 is 0 Å². The first-order chi connectivity index (χ1) is 11.5. The van der Waals surface area contributed by atoms with Crippen molar-refractivity contribution in [2.24, 2.45) is 5.73 Å². The van der Waals surface area contributed by atoms with Gasteiger partial charge in [0.25, 0.3) is 0 Å². The number of amides is 1. The predicted molar refractivity (Wildman–Crippen MR) is 86.8 cm³/mol. The summed E-state index contributed by atoms with van der Waals surface area (Å²) in [5, 5.41) is 30.3. The standard InChI is InChI=1S/C17H17N5O2/c1-20-16(17(19)24)13-7-12(10-3-4-10)15(22-21-13)11-5-2-9(8-18)6-14(11)23/h2,5-7,10,16,20,23H,3-4H2,1H3,(H2,19,24). The van der Waals surface area contributed by atoms with E-state index in [0.29, 0.717) is 28.4 Å². The van der Waals surface area contributed by atoms with Crippen molar-refractivity contribution in [1.82, 2.24) is 15.5 Å². The molecular weight excluding hydrogens is 306 g/mol. The fraction of sp³-hybridized carbons (Fsp3) is 0.294. The smallest absolute Gasteiger partial charge is 0.240 e. The Kier molecular flexibility index (Phi) is 4.15. The van der Waals surface area contributed by atoms with E-state index in [-0.39, 0.29) is 5.75 Å². The number of nitrogens with one attached hydrogen (secondary N) is 1. The number of carbonyl (C=O) groups is 1. The maximum Gasteiger partial charge on any atom is 0.240 e. The lowest BCUT2D eigenvalue weighted by Gasteiger charge is -2.15. The van der Waals surface area contributed by atoms with Crippen LogP contribution in [0, 0.1) is 11.3 Å². The van der Waals surface area contributed by atoms with E-state index >= 15 is 0 Å². The molecule has 0 saturated heterocycles. The lowest BCUT2D eigenvalue weighted by atomic mass is 9.99. The summed E-state index contributed by atoms with van der Waals surface area (Å²) in [6.07, 6.45) is 2.05. The molecule has 1 heterocycles. The third-order valence-electron chi connectivity index (χ3n) is 4.11. The van der Waals surface area contributed by atoms with Crippen molar-refractivity contribution in [2.45, 2.75) is 24.8 Å². The first kappa shape index (κ1) is 15.9. The van der Waals surface area contributed by atoms with E-state index in [1.165, 1.54) is 6.07 Å². The van der Waals surface area contributed by atoms with E-state index in [9.17, 15) is 9.90 Å². The number of benzene rings is 1. The monoisotopic (exact) mass is 323 g/mol. The van der Waals surface area contributed by atoms with Gasteiger partial charge in [-0.3, -0.25) is 4.79 Å². The summed E-state index contributed by atoms with van der Waals surface area (Å²) in [7, 11) is 1.63. The summed E-state index contributed by atoms with van der Waals surface area (Å²) in [6, 6.07) is 7.79. The fourth-order valence-corrected chi connectivity index (χ4v) is 2.72. The minimum absolute atomic E-state index is 0.0157. The number of nitriles is 1. The van der Waals surface area contributed by atoms with Crippen LogP contribution in [-0.4, -0.2) is 28.3 Å². The molecule has 122 valence electrons. The van der Waals surface area contributed by atoms with Gasteiger partial charge in [0.1, 0.15) is 17.5 Å². The van der Waals surface area contributed by atoms with Crippen LogP contribution in [0.2, 0.25) is 0 Å². The van der Waals surface area contributed by atoms with Gasteiger partial charge in [-0.05, 0) is 55.6 Å². The zero-order valence-corrected chi connectivity index (χ0v) is 13.2. The Balaban J connectivity index is 2.09. The van der Waals surface area contributed by atoms with Crippen molar-refractivity contribution < 1.29 is 9.90 Å². The van der Waals surface area contributed by atoms with Gasteiger partial charge in [-0.15, -0.1) is 5.10 Å². The van der Waals surface area contributed by atoms with Gasteiger partial charge < -0.3 is 16.2 Å². The molecule has 1 unspecified atom stereocenters. The highest BCUT2D eigenvalue weighted by molar-refractivity contribution is 5.81. The molecule has 7 heteroatoms. The van der Waals surface area contributed by atoms with Crippen LogP contribution in [0.5, 0.6) is 5.75 Å². The third kappa shape index (κ3) is 2.92. The van der Waals surface area contributed by atoms with Crippen molar-refractivity contribution in [1.29, 1.82) is 5.26 Å². The molecule has 2 aromatic rings. The van der Waals surface area contributed by atoms with E-state index in [1.807, 2.05) is 12.1 Å². The number of phenolic OH excluding ortho intramolecular Hbond substituents is 1. The average molecular weight is 323 g/mol. The molecule has 24 heavy (non-hydrogen) atoms. The van der Waals surface area contributed by atoms with Gasteiger partial charge in [-0.2, -0.15) is 10.4 Å². The second-order valence-electron chi connectivity index (χ2n) is 5.82. The molecule has 0 bridgehead atoms. The summed E-state index contributed by atoms with van der Waals surface area (Å²) < 4.78 is 0. The van der Waals surface area contributed by atoms with Crippen LogP contribution in [0.4, 0.5) is 0 Å². The van der Waals surface area contributed by atoms with Crippen LogP contribution in [0.3, 0.4) is 0 Å². The SMILES string of the molecule is CNC(C(N)=O)c1cc(C2CC2)c(-c2ccc(C#N)cc2O)nn1. The zero-order valence-electron chi connectivity index (χ0n) is 13.2. The summed E-state index contributed by atoms with van der Waals surface area (Å²) in [4.78, 5) is 11.5. The number of hydrogen-bond acceptors (Lipinski definition) is 6. The number of aromatic nitrogens is 2. The van der Waals surface area contributed by atoms with Crippen molar-refractivity contribution in [2.75, 3.05) is 7.05 Å². The summed E-state index contributed by atoms with van der Waals surface area (Å²) in [5.74, 6) is -0.213. The second kappa shape index (κ2) is 6.26. The topological polar surface area (TPSA) is 125 Å². The molecule has 0 spiro atoms. The Bertz CT molecular complexity index is 839. The number of carbonyl (C=O) groups excluding carboxylic acids is 1. The summed E-state index contributed by atoms with van der Waals surface area (Å²) in [6.45, 7) is 0. The van der Waals surface area contributed by atoms with Crippen molar-refractivity contribution in [3.05, 3.63) is 41.1 Å². The van der Waals surface area contributed by atoms with Gasteiger partial charge in [0, 0.05) is 5.56 Å². The van der Waals surface area contributed by atoms with E-state index in [2.05, 4.69) is 15.5 Å². The molecule has 0 aliphatic heterocycles. The Morgan fingerprint density at radius 1 is 1.42 bits per heavy atom. The number of hydrogen-bond donors (Lipinski definition) is 3. The largest absolute Gasteiger partial charge is 0.507 e. The van der Waals surface area contributed by atoms with Crippen LogP contribution in [0.1, 0.15) is 41.6 Å². The van der Waals surface area contributed by atoms with Crippen LogP contribution >= 0.6 is 0 Å². The van der Waals surface area contributed by atoms with Gasteiger partial charge in [0.2, 0.25) is 5.91 Å². The molecule has 1 aromatic carbocycles. The highest BCUT2D eigenvalue weighted by Crippen LogP contribution is 2.45. The first-order valence-corrected chi connectivity index (χ1v) is 7.62. The predicted octanol–water partition coefficient (Wildman–Crippen LogP) is 1.34. The lowest BCUT2D eigenvalue weighted by Crippen LogP contribution is -2.32. The number of likely N-dealkylation sites (N-methyl/N-ethyl adjacent to an activating group) is 1. The van der Waals surface area contributed by atoms with E-state index in [4.69, 9.17) is 11.0 Å². The first-order valence-electron chi connectivity index (χ1n) is 7.62. The van der Waals surface area contributed by atoms with E-state index in [1.54, 1.807) is 19.2 Å². The van der Waals surface area contributed by atoms with Crippen molar-refractivity contribution >= 4 is 5.91 Å². The molecule has 1 saturated carbocycles. The minimum Gasteiger partial charge on any atom is -0.507 e. The molecule has 1 aliphatic carbocycles. The van der Waals surface area contributed by atoms with Gasteiger partial charge in [0.15, 0.2) is 0 Å². The molecule has 3 rings (SSSR count). The summed E-state index contributed by atoms with van der Waals surface area (Å²) >= 11 is 0. The fourth-order valence-electron chi connectivity index (χ4n) is 2.72. The van der Waals surface area contributed by atoms with Crippen molar-refractivity contribution in [3.63, 3.8) is 0 Å². The Hall–Kier alpha value is -2.98. The lowest BCUT2D eigenvalue weighted by molar-refractivity contribution is -0.120. The van der Waals surface area contributed by atoms with Crippen molar-refractivity contribution in [3.8, 4) is 23.1 Å². The molecule has 0 radical (unpaired) electrons. The number of aromatic hydroxyl groups is 1. The number of primary amides is 1. The normalized spacial score (nSPS) is 14.8. The third-order valence-corrected chi connectivity index (χ3v) is 4.11. The summed E-state index contributed by atoms with van der Waals surface area (Å²) in [5.41, 5.74) is 8.25. The molecule has 1 atom stereocenters. The number of phenols is 1. The zero-order chi connectivity index (χ0) is 17.3. The Morgan fingerprint density at radius 3 is 2.71 bits per heavy atom. The maximum absolute atomic E-state index is 11.5. The van der Waals surface area contributed by atoms with E-state index in [0.717, 1.165) is 18.4 Å². The Morgan fingerprint density at radius 2 is 2.17 bits per heavy atom. The molecule has 7 nitrogen and oxygen atoms in total. The molecular formula is C17H17N5O2. The van der Waals surface area contributed by atoms with Gasteiger partial charge in [-0.25, -0.2) is 0 Å². The van der Waals surface area contributed by atoms with E-state index < -0.39 is 11.9 Å².